The van der Waals surface area contributed by atoms with E-state index in [2.05, 4.69) is 10.1 Å². The molecule has 3 heterocycles. The highest BCUT2D eigenvalue weighted by Crippen LogP contribution is 2.38. The van der Waals surface area contributed by atoms with Gasteiger partial charge >= 0.3 is 0 Å². The zero-order valence-electron chi connectivity index (χ0n) is 14.7. The molecule has 1 fully saturated rings. The van der Waals surface area contributed by atoms with Gasteiger partial charge in [-0.2, -0.15) is 4.98 Å². The number of benzene rings is 2. The summed E-state index contributed by atoms with van der Waals surface area (Å²) in [6.07, 6.45) is 0.348. The van der Waals surface area contributed by atoms with Gasteiger partial charge in [-0.05, 0) is 31.2 Å². The van der Waals surface area contributed by atoms with Gasteiger partial charge in [-0.15, -0.1) is 0 Å². The van der Waals surface area contributed by atoms with Crippen molar-refractivity contribution in [1.29, 1.82) is 0 Å². The minimum Gasteiger partial charge on any atom is -0.454 e. The molecule has 2 aliphatic rings. The van der Waals surface area contributed by atoms with Crippen LogP contribution in [0.2, 0.25) is 0 Å². The van der Waals surface area contributed by atoms with Crippen LogP contribution in [0.1, 0.15) is 23.7 Å². The number of fused-ring (bicyclic) bond motifs is 1. The summed E-state index contributed by atoms with van der Waals surface area (Å²) in [7, 11) is 0. The zero-order chi connectivity index (χ0) is 18.4. The Morgan fingerprint density at radius 3 is 2.89 bits per heavy atom. The fourth-order valence-electron chi connectivity index (χ4n) is 3.48. The Bertz CT molecular complexity index is 1030. The Morgan fingerprint density at radius 1 is 1.11 bits per heavy atom. The quantitative estimate of drug-likeness (QED) is 0.711. The Kier molecular flexibility index (Phi) is 3.60. The molecule has 2 aliphatic heterocycles. The Balaban J connectivity index is 1.38. The summed E-state index contributed by atoms with van der Waals surface area (Å²) in [5.74, 6) is 2.31. The number of rotatable bonds is 3. The molecule has 0 N–H and O–H groups in total. The van der Waals surface area contributed by atoms with Crippen molar-refractivity contribution < 1.29 is 18.8 Å². The molecule has 7 heteroatoms. The van der Waals surface area contributed by atoms with Crippen LogP contribution in [-0.4, -0.2) is 29.4 Å². The van der Waals surface area contributed by atoms with Gasteiger partial charge < -0.3 is 18.9 Å². The van der Waals surface area contributed by atoms with Crippen molar-refractivity contribution in [3.8, 4) is 23.0 Å². The zero-order valence-corrected chi connectivity index (χ0v) is 14.7. The van der Waals surface area contributed by atoms with E-state index < -0.39 is 0 Å². The molecule has 1 saturated heterocycles. The summed E-state index contributed by atoms with van der Waals surface area (Å²) in [6.45, 7) is 2.73. The van der Waals surface area contributed by atoms with Crippen LogP contribution in [0, 0.1) is 6.92 Å². The van der Waals surface area contributed by atoms with Gasteiger partial charge in [0.15, 0.2) is 17.3 Å². The molecule has 1 unspecified atom stereocenters. The Morgan fingerprint density at radius 2 is 2.00 bits per heavy atom. The molecular formula is C20H17N3O4. The van der Waals surface area contributed by atoms with E-state index in [1.807, 2.05) is 49.4 Å². The largest absolute Gasteiger partial charge is 0.454 e. The van der Waals surface area contributed by atoms with Gasteiger partial charge in [-0.25, -0.2) is 0 Å². The number of anilines is 1. The lowest BCUT2D eigenvalue weighted by molar-refractivity contribution is -0.117. The molecule has 0 spiro atoms. The summed E-state index contributed by atoms with van der Waals surface area (Å²) in [6, 6.07) is 13.4. The molecule has 3 aromatic rings. The smallest absolute Gasteiger partial charge is 0.257 e. The number of carbonyl (C=O) groups excluding carboxylic acids is 1. The maximum Gasteiger partial charge on any atom is 0.257 e. The summed E-state index contributed by atoms with van der Waals surface area (Å²) in [4.78, 5) is 18.8. The van der Waals surface area contributed by atoms with Crippen molar-refractivity contribution in [1.82, 2.24) is 10.1 Å². The first kappa shape index (κ1) is 15.9. The summed E-state index contributed by atoms with van der Waals surface area (Å²) in [5.41, 5.74) is 2.79. The molecule has 136 valence electrons. The number of nitrogens with zero attached hydrogens (tertiary/aromatic N) is 3. The molecule has 5 rings (SSSR count). The van der Waals surface area contributed by atoms with Gasteiger partial charge in [-0.3, -0.25) is 4.79 Å². The maximum atomic E-state index is 12.5. The summed E-state index contributed by atoms with van der Waals surface area (Å²) in [5, 5.41) is 4.11. The Hall–Kier alpha value is -3.35. The van der Waals surface area contributed by atoms with Crippen LogP contribution >= 0.6 is 0 Å². The second-order valence-electron chi connectivity index (χ2n) is 6.77. The molecule has 7 nitrogen and oxygen atoms in total. The van der Waals surface area contributed by atoms with E-state index in [4.69, 9.17) is 14.0 Å². The molecule has 1 atom stereocenters. The van der Waals surface area contributed by atoms with E-state index in [1.54, 1.807) is 4.90 Å². The third kappa shape index (κ3) is 2.81. The first-order valence-electron chi connectivity index (χ1n) is 8.78. The van der Waals surface area contributed by atoms with E-state index in [-0.39, 0.29) is 18.6 Å². The topological polar surface area (TPSA) is 77.7 Å². The molecule has 0 saturated carbocycles. The van der Waals surface area contributed by atoms with E-state index >= 15 is 0 Å². The standard InChI is InChI=1S/C20H17N3O4/c1-12-3-2-4-13(7-12)20-21-19(22-27-20)14-8-18(24)23(10-14)15-5-6-16-17(9-15)26-11-25-16/h2-7,9,14H,8,10-11H2,1H3. The number of hydrogen-bond acceptors (Lipinski definition) is 6. The van der Waals surface area contributed by atoms with Gasteiger partial charge in [0.25, 0.3) is 5.89 Å². The number of carbonyl (C=O) groups is 1. The Labute approximate surface area is 155 Å². The number of amides is 1. The minimum absolute atomic E-state index is 0.0285. The lowest BCUT2D eigenvalue weighted by Gasteiger charge is -2.16. The van der Waals surface area contributed by atoms with Crippen LogP contribution in [-0.2, 0) is 4.79 Å². The minimum atomic E-state index is -0.106. The number of hydrogen-bond donors (Lipinski definition) is 0. The van der Waals surface area contributed by atoms with Crippen LogP contribution in [0.15, 0.2) is 47.0 Å². The fraction of sp³-hybridized carbons (Fsp3) is 0.250. The van der Waals surface area contributed by atoms with Gasteiger partial charge in [0.2, 0.25) is 12.7 Å². The first-order chi connectivity index (χ1) is 13.2. The number of ether oxygens (including phenoxy) is 2. The highest BCUT2D eigenvalue weighted by Gasteiger charge is 2.35. The number of aromatic nitrogens is 2. The van der Waals surface area contributed by atoms with Crippen LogP contribution in [0.25, 0.3) is 11.5 Å². The van der Waals surface area contributed by atoms with Crippen molar-refractivity contribution in [3.63, 3.8) is 0 Å². The monoisotopic (exact) mass is 363 g/mol. The van der Waals surface area contributed by atoms with Gasteiger partial charge in [-0.1, -0.05) is 22.9 Å². The lowest BCUT2D eigenvalue weighted by Crippen LogP contribution is -2.24. The predicted molar refractivity (Wildman–Crippen MR) is 96.7 cm³/mol. The van der Waals surface area contributed by atoms with Crippen molar-refractivity contribution in [3.05, 3.63) is 53.9 Å². The van der Waals surface area contributed by atoms with E-state index in [0.717, 1.165) is 16.8 Å². The third-order valence-electron chi connectivity index (χ3n) is 4.86. The van der Waals surface area contributed by atoms with Crippen molar-refractivity contribution in [2.75, 3.05) is 18.2 Å². The van der Waals surface area contributed by atoms with Gasteiger partial charge in [0.1, 0.15) is 0 Å². The third-order valence-corrected chi connectivity index (χ3v) is 4.86. The fourth-order valence-corrected chi connectivity index (χ4v) is 3.48. The van der Waals surface area contributed by atoms with Gasteiger partial charge in [0.05, 0.1) is 0 Å². The average Bonchev–Trinajstić information content (AvgIpc) is 3.40. The van der Waals surface area contributed by atoms with Gasteiger partial charge in [0, 0.05) is 36.2 Å². The van der Waals surface area contributed by atoms with Crippen LogP contribution in [0.5, 0.6) is 11.5 Å². The molecular weight excluding hydrogens is 346 g/mol. The molecule has 0 aliphatic carbocycles. The molecule has 0 bridgehead atoms. The van der Waals surface area contributed by atoms with Crippen LogP contribution < -0.4 is 14.4 Å². The van der Waals surface area contributed by atoms with E-state index in [1.165, 1.54) is 0 Å². The van der Waals surface area contributed by atoms with Crippen LogP contribution in [0.4, 0.5) is 5.69 Å². The number of aryl methyl sites for hydroxylation is 1. The highest BCUT2D eigenvalue weighted by molar-refractivity contribution is 5.96. The lowest BCUT2D eigenvalue weighted by atomic mass is 10.1. The van der Waals surface area contributed by atoms with E-state index in [9.17, 15) is 4.79 Å². The van der Waals surface area contributed by atoms with Crippen molar-refractivity contribution in [2.24, 2.45) is 0 Å². The SMILES string of the molecule is Cc1cccc(-c2nc(C3CC(=O)N(c4ccc5c(c4)OCO5)C3)no2)c1. The predicted octanol–water partition coefficient (Wildman–Crippen LogP) is 3.29. The molecule has 1 amide bonds. The normalized spacial score (nSPS) is 18.3. The molecule has 1 aromatic heterocycles. The second-order valence-corrected chi connectivity index (χ2v) is 6.77. The van der Waals surface area contributed by atoms with Crippen molar-refractivity contribution >= 4 is 11.6 Å². The summed E-state index contributed by atoms with van der Waals surface area (Å²) < 4.78 is 16.2. The average molecular weight is 363 g/mol. The first-order valence-corrected chi connectivity index (χ1v) is 8.78. The molecule has 0 radical (unpaired) electrons. The van der Waals surface area contributed by atoms with E-state index in [0.29, 0.717) is 36.2 Å². The van der Waals surface area contributed by atoms with Crippen molar-refractivity contribution in [2.45, 2.75) is 19.3 Å². The summed E-state index contributed by atoms with van der Waals surface area (Å²) >= 11 is 0. The maximum absolute atomic E-state index is 12.5. The molecule has 2 aromatic carbocycles. The molecule has 27 heavy (non-hydrogen) atoms. The second kappa shape index (κ2) is 6.12. The highest BCUT2D eigenvalue weighted by atomic mass is 16.7. The van der Waals surface area contributed by atoms with Crippen LogP contribution in [0.3, 0.4) is 0 Å².